The molecule has 1 fully saturated rings. The number of nitrogens with zero attached hydrogens (tertiary/aromatic N) is 3. The minimum absolute atomic E-state index is 0.0750. The van der Waals surface area contributed by atoms with Gasteiger partial charge in [0.2, 0.25) is 0 Å². The predicted molar refractivity (Wildman–Crippen MR) is 108 cm³/mol. The summed E-state index contributed by atoms with van der Waals surface area (Å²) in [7, 11) is 1.86. The van der Waals surface area contributed by atoms with Crippen LogP contribution in [0.3, 0.4) is 0 Å². The van der Waals surface area contributed by atoms with Gasteiger partial charge < -0.3 is 9.64 Å². The van der Waals surface area contributed by atoms with Gasteiger partial charge in [0, 0.05) is 24.8 Å². The summed E-state index contributed by atoms with van der Waals surface area (Å²) in [5, 5.41) is 0. The molecule has 1 aromatic carbocycles. The Bertz CT molecular complexity index is 845. The van der Waals surface area contributed by atoms with Crippen LogP contribution < -0.4 is 0 Å². The van der Waals surface area contributed by atoms with Crippen LogP contribution >= 0.6 is 0 Å². The van der Waals surface area contributed by atoms with Gasteiger partial charge in [-0.2, -0.15) is 0 Å². The quantitative estimate of drug-likeness (QED) is 0.718. The zero-order valence-corrected chi connectivity index (χ0v) is 17.1. The van der Waals surface area contributed by atoms with Crippen molar-refractivity contribution in [1.29, 1.82) is 0 Å². The van der Waals surface area contributed by atoms with Gasteiger partial charge in [-0.15, -0.1) is 0 Å². The SMILES string of the molecule is CN(C(=O)n1cnc(-c2cccc(C(=O)OC(C)(C)C)c2)c1)C1CCCCC1. The van der Waals surface area contributed by atoms with Gasteiger partial charge in [0.1, 0.15) is 11.9 Å². The predicted octanol–water partition coefficient (Wildman–Crippen LogP) is 4.74. The molecule has 1 aromatic heterocycles. The van der Waals surface area contributed by atoms with E-state index in [1.54, 1.807) is 24.4 Å². The van der Waals surface area contributed by atoms with E-state index < -0.39 is 5.60 Å². The van der Waals surface area contributed by atoms with Crippen molar-refractivity contribution in [2.24, 2.45) is 0 Å². The molecule has 6 heteroatoms. The first-order valence-corrected chi connectivity index (χ1v) is 9.89. The second kappa shape index (κ2) is 8.17. The fourth-order valence-electron chi connectivity index (χ4n) is 3.53. The number of rotatable bonds is 3. The Labute approximate surface area is 166 Å². The van der Waals surface area contributed by atoms with Crippen LogP contribution in [0, 0.1) is 0 Å². The molecule has 0 aliphatic heterocycles. The van der Waals surface area contributed by atoms with Crippen LogP contribution in [0.1, 0.15) is 63.2 Å². The molecule has 0 N–H and O–H groups in total. The van der Waals surface area contributed by atoms with E-state index in [0.29, 0.717) is 17.3 Å². The molecular formula is C22H29N3O3. The molecule has 0 saturated heterocycles. The molecule has 0 unspecified atom stereocenters. The number of amides is 1. The summed E-state index contributed by atoms with van der Waals surface area (Å²) in [6, 6.07) is 7.35. The molecule has 1 saturated carbocycles. The third-order valence-corrected chi connectivity index (χ3v) is 5.02. The third-order valence-electron chi connectivity index (χ3n) is 5.02. The molecule has 1 amide bonds. The van der Waals surface area contributed by atoms with E-state index in [4.69, 9.17) is 4.74 Å². The lowest BCUT2D eigenvalue weighted by Crippen LogP contribution is -2.40. The van der Waals surface area contributed by atoms with Crippen LogP contribution in [0.2, 0.25) is 0 Å². The zero-order chi connectivity index (χ0) is 20.3. The van der Waals surface area contributed by atoms with Crippen molar-refractivity contribution in [2.75, 3.05) is 7.05 Å². The van der Waals surface area contributed by atoms with Crippen LogP contribution in [-0.2, 0) is 4.74 Å². The molecule has 3 rings (SSSR count). The molecule has 0 atom stereocenters. The van der Waals surface area contributed by atoms with Crippen molar-refractivity contribution in [3.8, 4) is 11.3 Å². The van der Waals surface area contributed by atoms with E-state index in [1.165, 1.54) is 30.2 Å². The molecule has 6 nitrogen and oxygen atoms in total. The van der Waals surface area contributed by atoms with Gasteiger partial charge in [0.15, 0.2) is 0 Å². The molecule has 150 valence electrons. The summed E-state index contributed by atoms with van der Waals surface area (Å²) in [6.07, 6.45) is 8.97. The number of ether oxygens (including phenoxy) is 1. The van der Waals surface area contributed by atoms with Crippen molar-refractivity contribution in [3.05, 3.63) is 42.4 Å². The highest BCUT2D eigenvalue weighted by atomic mass is 16.6. The molecule has 1 aliphatic rings. The highest BCUT2D eigenvalue weighted by molar-refractivity contribution is 5.91. The Hall–Kier alpha value is -2.63. The van der Waals surface area contributed by atoms with E-state index in [9.17, 15) is 9.59 Å². The van der Waals surface area contributed by atoms with E-state index in [-0.39, 0.29) is 12.0 Å². The first-order valence-electron chi connectivity index (χ1n) is 9.89. The molecule has 1 aliphatic carbocycles. The monoisotopic (exact) mass is 383 g/mol. The zero-order valence-electron chi connectivity index (χ0n) is 17.1. The molecule has 28 heavy (non-hydrogen) atoms. The lowest BCUT2D eigenvalue weighted by Gasteiger charge is -2.31. The summed E-state index contributed by atoms with van der Waals surface area (Å²) < 4.78 is 6.95. The first-order chi connectivity index (χ1) is 13.2. The normalized spacial score (nSPS) is 15.3. The summed E-state index contributed by atoms with van der Waals surface area (Å²) in [5.74, 6) is -0.373. The maximum absolute atomic E-state index is 12.8. The molecule has 0 spiro atoms. The van der Waals surface area contributed by atoms with Crippen LogP contribution in [0.5, 0.6) is 0 Å². The summed E-state index contributed by atoms with van der Waals surface area (Å²) in [5.41, 5.74) is 1.34. The summed E-state index contributed by atoms with van der Waals surface area (Å²) in [4.78, 5) is 31.3. The number of imidazole rings is 1. The van der Waals surface area contributed by atoms with E-state index in [1.807, 2.05) is 38.8 Å². The number of hydrogen-bond donors (Lipinski definition) is 0. The second-order valence-electron chi connectivity index (χ2n) is 8.43. The van der Waals surface area contributed by atoms with Crippen molar-refractivity contribution in [3.63, 3.8) is 0 Å². The molecular weight excluding hydrogens is 354 g/mol. The molecule has 0 radical (unpaired) electrons. The topological polar surface area (TPSA) is 64.4 Å². The number of aromatic nitrogens is 2. The lowest BCUT2D eigenvalue weighted by molar-refractivity contribution is 0.00695. The van der Waals surface area contributed by atoms with E-state index >= 15 is 0 Å². The standard InChI is InChI=1S/C22H29N3O3/c1-22(2,3)28-20(26)17-10-8-9-16(13-17)19-14-25(15-23-19)21(27)24(4)18-11-6-5-7-12-18/h8-10,13-15,18H,5-7,11-12H2,1-4H3. The largest absolute Gasteiger partial charge is 0.456 e. The minimum Gasteiger partial charge on any atom is -0.456 e. The summed E-state index contributed by atoms with van der Waals surface area (Å²) in [6.45, 7) is 5.51. The number of benzene rings is 1. The molecule has 1 heterocycles. The van der Waals surface area contributed by atoms with Gasteiger partial charge in [0.25, 0.3) is 0 Å². The Balaban J connectivity index is 1.75. The Morgan fingerprint density at radius 1 is 1.18 bits per heavy atom. The minimum atomic E-state index is -0.551. The highest BCUT2D eigenvalue weighted by Gasteiger charge is 2.23. The fraction of sp³-hybridized carbons (Fsp3) is 0.500. The van der Waals surface area contributed by atoms with Crippen molar-refractivity contribution >= 4 is 12.0 Å². The van der Waals surface area contributed by atoms with Gasteiger partial charge in [-0.05, 0) is 45.7 Å². The van der Waals surface area contributed by atoms with Gasteiger partial charge in [-0.3, -0.25) is 4.57 Å². The molecule has 0 bridgehead atoms. The smallest absolute Gasteiger partial charge is 0.338 e. The van der Waals surface area contributed by atoms with Crippen molar-refractivity contribution in [2.45, 2.75) is 64.5 Å². The number of carbonyl (C=O) groups is 2. The Morgan fingerprint density at radius 2 is 1.89 bits per heavy atom. The highest BCUT2D eigenvalue weighted by Crippen LogP contribution is 2.24. The lowest BCUT2D eigenvalue weighted by atomic mass is 9.95. The van der Waals surface area contributed by atoms with Gasteiger partial charge in [-0.25, -0.2) is 14.6 Å². The van der Waals surface area contributed by atoms with Crippen LogP contribution in [-0.4, -0.2) is 45.1 Å². The average Bonchev–Trinajstić information content (AvgIpc) is 3.16. The van der Waals surface area contributed by atoms with Crippen molar-refractivity contribution < 1.29 is 14.3 Å². The van der Waals surface area contributed by atoms with E-state index in [2.05, 4.69) is 4.98 Å². The number of esters is 1. The van der Waals surface area contributed by atoms with Crippen molar-refractivity contribution in [1.82, 2.24) is 14.5 Å². The first kappa shape index (κ1) is 20.1. The second-order valence-corrected chi connectivity index (χ2v) is 8.43. The number of carbonyl (C=O) groups excluding carboxylic acids is 2. The third kappa shape index (κ3) is 4.80. The average molecular weight is 383 g/mol. The van der Waals surface area contributed by atoms with Crippen LogP contribution in [0.4, 0.5) is 4.79 Å². The maximum atomic E-state index is 12.8. The fourth-order valence-corrected chi connectivity index (χ4v) is 3.53. The Kier molecular flexibility index (Phi) is 5.87. The van der Waals surface area contributed by atoms with Gasteiger partial charge in [-0.1, -0.05) is 31.4 Å². The Morgan fingerprint density at radius 3 is 2.57 bits per heavy atom. The summed E-state index contributed by atoms with van der Waals surface area (Å²) >= 11 is 0. The maximum Gasteiger partial charge on any atom is 0.338 e. The van der Waals surface area contributed by atoms with Crippen LogP contribution in [0.25, 0.3) is 11.3 Å². The molecule has 2 aromatic rings. The van der Waals surface area contributed by atoms with E-state index in [0.717, 1.165) is 18.4 Å². The van der Waals surface area contributed by atoms with Crippen LogP contribution in [0.15, 0.2) is 36.8 Å². The van der Waals surface area contributed by atoms with Gasteiger partial charge >= 0.3 is 12.0 Å². The number of hydrogen-bond acceptors (Lipinski definition) is 4. The van der Waals surface area contributed by atoms with Gasteiger partial charge in [0.05, 0.1) is 11.3 Å².